The number of aromatic nitrogens is 3. The molecule has 0 unspecified atom stereocenters. The van der Waals surface area contributed by atoms with Crippen LogP contribution in [-0.2, 0) is 6.42 Å². The van der Waals surface area contributed by atoms with Crippen molar-refractivity contribution in [3.8, 4) is 11.4 Å². The molecule has 2 aromatic heterocycles. The van der Waals surface area contributed by atoms with Crippen LogP contribution in [-0.4, -0.2) is 20.7 Å². The van der Waals surface area contributed by atoms with Crippen LogP contribution in [0.4, 0.5) is 0 Å². The molecule has 2 heterocycles. The van der Waals surface area contributed by atoms with Gasteiger partial charge in [0.25, 0.3) is 0 Å². The molecule has 1 saturated carbocycles. The summed E-state index contributed by atoms with van der Waals surface area (Å²) in [4.78, 5) is 8.78. The standard InChI is InChI=1S/C16H16N4O/c17-16(6-2-7-16)10-14-19-15(20-21-14)12-4-5-13-11(9-12)3-1-8-18-13/h1,3-5,8-9H,2,6-7,10,17H2. The van der Waals surface area contributed by atoms with Gasteiger partial charge in [-0.3, -0.25) is 4.98 Å². The molecule has 1 aromatic carbocycles. The molecule has 1 aliphatic rings. The van der Waals surface area contributed by atoms with Gasteiger partial charge >= 0.3 is 0 Å². The Balaban J connectivity index is 1.64. The number of benzene rings is 1. The first kappa shape index (κ1) is 12.5. The number of hydrogen-bond donors (Lipinski definition) is 1. The van der Waals surface area contributed by atoms with Crippen molar-refractivity contribution < 1.29 is 4.52 Å². The van der Waals surface area contributed by atoms with E-state index in [1.54, 1.807) is 6.20 Å². The number of pyridine rings is 1. The fourth-order valence-corrected chi connectivity index (χ4v) is 2.77. The SMILES string of the molecule is NC1(Cc2nc(-c3ccc4ncccc4c3)no2)CCC1. The Bertz CT molecular complexity index is 792. The van der Waals surface area contributed by atoms with Gasteiger partial charge in [-0.05, 0) is 43.5 Å². The van der Waals surface area contributed by atoms with E-state index in [0.29, 0.717) is 18.1 Å². The zero-order valence-electron chi connectivity index (χ0n) is 11.6. The molecule has 21 heavy (non-hydrogen) atoms. The van der Waals surface area contributed by atoms with Crippen LogP contribution in [0.15, 0.2) is 41.1 Å². The van der Waals surface area contributed by atoms with E-state index < -0.39 is 0 Å². The second-order valence-electron chi connectivity index (χ2n) is 5.82. The van der Waals surface area contributed by atoms with Gasteiger partial charge in [0.15, 0.2) is 0 Å². The topological polar surface area (TPSA) is 77.8 Å². The molecule has 0 bridgehead atoms. The maximum absolute atomic E-state index is 6.22. The van der Waals surface area contributed by atoms with Crippen LogP contribution in [0.3, 0.4) is 0 Å². The second kappa shape index (κ2) is 4.63. The van der Waals surface area contributed by atoms with Gasteiger partial charge in [0.2, 0.25) is 11.7 Å². The molecule has 0 aliphatic heterocycles. The fraction of sp³-hybridized carbons (Fsp3) is 0.312. The number of rotatable bonds is 3. The van der Waals surface area contributed by atoms with Gasteiger partial charge in [0.05, 0.1) is 5.52 Å². The molecular formula is C16H16N4O. The molecule has 5 nitrogen and oxygen atoms in total. The number of fused-ring (bicyclic) bond motifs is 1. The molecule has 0 atom stereocenters. The zero-order valence-corrected chi connectivity index (χ0v) is 11.6. The smallest absolute Gasteiger partial charge is 0.228 e. The highest BCUT2D eigenvalue weighted by molar-refractivity contribution is 5.82. The largest absolute Gasteiger partial charge is 0.339 e. The van der Waals surface area contributed by atoms with E-state index in [1.165, 1.54) is 6.42 Å². The van der Waals surface area contributed by atoms with Crippen molar-refractivity contribution in [1.82, 2.24) is 15.1 Å². The van der Waals surface area contributed by atoms with Crippen LogP contribution < -0.4 is 5.73 Å². The van der Waals surface area contributed by atoms with Crippen molar-refractivity contribution in [1.29, 1.82) is 0 Å². The molecule has 3 aromatic rings. The molecular weight excluding hydrogens is 264 g/mol. The number of nitrogens with zero attached hydrogens (tertiary/aromatic N) is 3. The predicted octanol–water partition coefficient (Wildman–Crippen LogP) is 2.71. The minimum Gasteiger partial charge on any atom is -0.339 e. The highest BCUT2D eigenvalue weighted by Crippen LogP contribution is 2.32. The van der Waals surface area contributed by atoms with E-state index in [9.17, 15) is 0 Å². The van der Waals surface area contributed by atoms with Crippen molar-refractivity contribution >= 4 is 10.9 Å². The lowest BCUT2D eigenvalue weighted by molar-refractivity contribution is 0.222. The molecule has 0 spiro atoms. The first-order chi connectivity index (χ1) is 10.2. The first-order valence-electron chi connectivity index (χ1n) is 7.19. The summed E-state index contributed by atoms with van der Waals surface area (Å²) in [6.45, 7) is 0. The van der Waals surface area contributed by atoms with Gasteiger partial charge in [-0.1, -0.05) is 11.2 Å². The summed E-state index contributed by atoms with van der Waals surface area (Å²) in [7, 11) is 0. The molecule has 106 valence electrons. The predicted molar refractivity (Wildman–Crippen MR) is 79.5 cm³/mol. The molecule has 0 radical (unpaired) electrons. The third-order valence-corrected chi connectivity index (χ3v) is 4.18. The average molecular weight is 280 g/mol. The summed E-state index contributed by atoms with van der Waals surface area (Å²) in [5.74, 6) is 1.23. The quantitative estimate of drug-likeness (QED) is 0.798. The summed E-state index contributed by atoms with van der Waals surface area (Å²) in [5.41, 5.74) is 7.97. The molecule has 0 amide bonds. The van der Waals surface area contributed by atoms with Gasteiger partial charge in [-0.15, -0.1) is 0 Å². The summed E-state index contributed by atoms with van der Waals surface area (Å²) in [6.07, 6.45) is 5.71. The summed E-state index contributed by atoms with van der Waals surface area (Å²) >= 11 is 0. The van der Waals surface area contributed by atoms with Crippen LogP contribution in [0, 0.1) is 0 Å². The maximum atomic E-state index is 6.22. The zero-order chi connectivity index (χ0) is 14.3. The van der Waals surface area contributed by atoms with E-state index in [-0.39, 0.29) is 5.54 Å². The van der Waals surface area contributed by atoms with Crippen LogP contribution in [0.2, 0.25) is 0 Å². The minimum absolute atomic E-state index is 0.142. The van der Waals surface area contributed by atoms with E-state index in [0.717, 1.165) is 29.3 Å². The Morgan fingerprint density at radius 2 is 2.14 bits per heavy atom. The molecule has 1 fully saturated rings. The third-order valence-electron chi connectivity index (χ3n) is 4.18. The molecule has 2 N–H and O–H groups in total. The summed E-state index contributed by atoms with van der Waals surface area (Å²) < 4.78 is 5.35. The highest BCUT2D eigenvalue weighted by atomic mass is 16.5. The van der Waals surface area contributed by atoms with Crippen LogP contribution in [0.1, 0.15) is 25.2 Å². The highest BCUT2D eigenvalue weighted by Gasteiger charge is 2.34. The molecule has 0 saturated heterocycles. The molecule has 4 rings (SSSR count). The van der Waals surface area contributed by atoms with Gasteiger partial charge < -0.3 is 10.3 Å². The Morgan fingerprint density at radius 1 is 1.24 bits per heavy atom. The first-order valence-corrected chi connectivity index (χ1v) is 7.19. The number of nitrogens with two attached hydrogens (primary N) is 1. The lowest BCUT2D eigenvalue weighted by atomic mass is 9.75. The van der Waals surface area contributed by atoms with Crippen molar-refractivity contribution in [3.63, 3.8) is 0 Å². The van der Waals surface area contributed by atoms with E-state index in [4.69, 9.17) is 10.3 Å². The van der Waals surface area contributed by atoms with Crippen LogP contribution in [0.25, 0.3) is 22.3 Å². The van der Waals surface area contributed by atoms with Gasteiger partial charge in [-0.2, -0.15) is 4.98 Å². The lowest BCUT2D eigenvalue weighted by Gasteiger charge is -2.36. The van der Waals surface area contributed by atoms with Crippen molar-refractivity contribution in [3.05, 3.63) is 42.4 Å². The molecule has 5 heteroatoms. The third kappa shape index (κ3) is 2.29. The maximum Gasteiger partial charge on any atom is 0.228 e. The number of hydrogen-bond acceptors (Lipinski definition) is 5. The van der Waals surface area contributed by atoms with E-state index >= 15 is 0 Å². The summed E-state index contributed by atoms with van der Waals surface area (Å²) in [6, 6.07) is 9.90. The Labute approximate surface area is 122 Å². The van der Waals surface area contributed by atoms with Crippen LogP contribution >= 0.6 is 0 Å². The minimum atomic E-state index is -0.142. The van der Waals surface area contributed by atoms with Gasteiger partial charge in [-0.25, -0.2) is 0 Å². The van der Waals surface area contributed by atoms with Gasteiger partial charge in [0.1, 0.15) is 0 Å². The van der Waals surface area contributed by atoms with Crippen LogP contribution in [0.5, 0.6) is 0 Å². The fourth-order valence-electron chi connectivity index (χ4n) is 2.77. The monoisotopic (exact) mass is 280 g/mol. The van der Waals surface area contributed by atoms with Crippen molar-refractivity contribution in [2.45, 2.75) is 31.2 Å². The second-order valence-corrected chi connectivity index (χ2v) is 5.82. The Morgan fingerprint density at radius 3 is 2.95 bits per heavy atom. The van der Waals surface area contributed by atoms with E-state index in [2.05, 4.69) is 15.1 Å². The Kier molecular flexibility index (Phi) is 2.75. The molecule has 1 aliphatic carbocycles. The summed E-state index contributed by atoms with van der Waals surface area (Å²) in [5, 5.41) is 5.14. The average Bonchev–Trinajstić information content (AvgIpc) is 2.93. The normalized spacial score (nSPS) is 16.8. The Hall–Kier alpha value is -2.27. The van der Waals surface area contributed by atoms with Crippen molar-refractivity contribution in [2.75, 3.05) is 0 Å². The lowest BCUT2D eigenvalue weighted by Crippen LogP contribution is -2.48. The van der Waals surface area contributed by atoms with Crippen molar-refractivity contribution in [2.24, 2.45) is 5.73 Å². The van der Waals surface area contributed by atoms with Gasteiger partial charge in [0, 0.05) is 29.1 Å². The van der Waals surface area contributed by atoms with E-state index in [1.807, 2.05) is 30.3 Å².